The van der Waals surface area contributed by atoms with E-state index in [0.717, 1.165) is 10.2 Å². The standard InChI is InChI=1S/C12H14BrNO3S/c13-6-8-4-11(15)14(7-8)9(5-12(16)17)10-2-1-3-18-10/h1-3,8-9H,4-7H2,(H,16,17). The van der Waals surface area contributed by atoms with E-state index >= 15 is 0 Å². The number of carboxylic acid groups (broad SMARTS) is 1. The van der Waals surface area contributed by atoms with Crippen LogP contribution < -0.4 is 0 Å². The average Bonchev–Trinajstić information content (AvgIpc) is 2.95. The molecule has 2 unspecified atom stereocenters. The Morgan fingerprint density at radius 3 is 2.94 bits per heavy atom. The minimum absolute atomic E-state index is 0.0265. The van der Waals surface area contributed by atoms with Crippen molar-refractivity contribution < 1.29 is 14.7 Å². The lowest BCUT2D eigenvalue weighted by Gasteiger charge is -2.26. The molecule has 98 valence electrons. The number of likely N-dealkylation sites (tertiary alicyclic amines) is 1. The van der Waals surface area contributed by atoms with Crippen molar-refractivity contribution in [3.63, 3.8) is 0 Å². The molecule has 18 heavy (non-hydrogen) atoms. The van der Waals surface area contributed by atoms with E-state index in [1.54, 1.807) is 4.90 Å². The Kier molecular flexibility index (Phi) is 4.40. The molecule has 2 heterocycles. The first kappa shape index (κ1) is 13.5. The third-order valence-corrected chi connectivity index (χ3v) is 4.96. The molecule has 0 bridgehead atoms. The number of aliphatic carboxylic acids is 1. The number of rotatable bonds is 5. The zero-order valence-corrected chi connectivity index (χ0v) is 12.1. The second-order valence-electron chi connectivity index (χ2n) is 4.40. The Balaban J connectivity index is 2.19. The number of amides is 1. The Morgan fingerprint density at radius 2 is 2.44 bits per heavy atom. The third kappa shape index (κ3) is 2.92. The summed E-state index contributed by atoms with van der Waals surface area (Å²) in [5.74, 6) is -0.531. The van der Waals surface area contributed by atoms with Gasteiger partial charge in [0.2, 0.25) is 5.91 Å². The van der Waals surface area contributed by atoms with E-state index in [-0.39, 0.29) is 24.3 Å². The van der Waals surface area contributed by atoms with Crippen molar-refractivity contribution in [2.24, 2.45) is 5.92 Å². The van der Waals surface area contributed by atoms with Gasteiger partial charge in [0, 0.05) is 23.2 Å². The van der Waals surface area contributed by atoms with Crippen molar-refractivity contribution in [2.75, 3.05) is 11.9 Å². The molecule has 0 aromatic carbocycles. The summed E-state index contributed by atoms with van der Waals surface area (Å²) in [6, 6.07) is 3.46. The highest BCUT2D eigenvalue weighted by molar-refractivity contribution is 9.09. The molecule has 1 saturated heterocycles. The number of thiophene rings is 1. The van der Waals surface area contributed by atoms with Crippen LogP contribution in [0.2, 0.25) is 0 Å². The van der Waals surface area contributed by atoms with Crippen molar-refractivity contribution in [1.82, 2.24) is 4.90 Å². The van der Waals surface area contributed by atoms with Gasteiger partial charge in [-0.2, -0.15) is 0 Å². The minimum Gasteiger partial charge on any atom is -0.481 e. The fourth-order valence-corrected chi connectivity index (χ4v) is 3.50. The highest BCUT2D eigenvalue weighted by Gasteiger charge is 2.35. The molecule has 1 aromatic heterocycles. The number of hydrogen-bond donors (Lipinski definition) is 1. The van der Waals surface area contributed by atoms with E-state index in [9.17, 15) is 9.59 Å². The Labute approximate surface area is 118 Å². The first-order chi connectivity index (χ1) is 8.61. The van der Waals surface area contributed by atoms with Gasteiger partial charge < -0.3 is 10.0 Å². The Hall–Kier alpha value is -0.880. The lowest BCUT2D eigenvalue weighted by Crippen LogP contribution is -2.31. The van der Waals surface area contributed by atoms with Crippen LogP contribution in [-0.4, -0.2) is 33.8 Å². The monoisotopic (exact) mass is 331 g/mol. The molecule has 1 aromatic rings. The van der Waals surface area contributed by atoms with E-state index in [1.807, 2.05) is 17.5 Å². The first-order valence-electron chi connectivity index (χ1n) is 5.72. The van der Waals surface area contributed by atoms with Crippen molar-refractivity contribution in [3.05, 3.63) is 22.4 Å². The molecular weight excluding hydrogens is 318 g/mol. The maximum absolute atomic E-state index is 12.0. The predicted molar refractivity (Wildman–Crippen MR) is 72.9 cm³/mol. The van der Waals surface area contributed by atoms with Crippen LogP contribution in [0.3, 0.4) is 0 Å². The number of carboxylic acids is 1. The molecule has 2 atom stereocenters. The summed E-state index contributed by atoms with van der Waals surface area (Å²) in [4.78, 5) is 25.6. The molecular formula is C12H14BrNO3S. The number of halogens is 1. The largest absolute Gasteiger partial charge is 0.481 e. The van der Waals surface area contributed by atoms with Crippen LogP contribution in [0.5, 0.6) is 0 Å². The van der Waals surface area contributed by atoms with Gasteiger partial charge in [-0.3, -0.25) is 9.59 Å². The van der Waals surface area contributed by atoms with Gasteiger partial charge in [-0.1, -0.05) is 22.0 Å². The predicted octanol–water partition coefficient (Wildman–Crippen LogP) is 2.51. The molecule has 6 heteroatoms. The fraction of sp³-hybridized carbons (Fsp3) is 0.500. The van der Waals surface area contributed by atoms with E-state index in [4.69, 9.17) is 5.11 Å². The molecule has 4 nitrogen and oxygen atoms in total. The molecule has 1 aliphatic rings. The van der Waals surface area contributed by atoms with Gasteiger partial charge in [-0.05, 0) is 17.4 Å². The molecule has 0 aliphatic carbocycles. The van der Waals surface area contributed by atoms with Crippen LogP contribution >= 0.6 is 27.3 Å². The van der Waals surface area contributed by atoms with Crippen LogP contribution in [0.1, 0.15) is 23.8 Å². The number of hydrogen-bond acceptors (Lipinski definition) is 3. The zero-order chi connectivity index (χ0) is 13.1. The Bertz CT molecular complexity index is 435. The van der Waals surface area contributed by atoms with Gasteiger partial charge in [0.15, 0.2) is 0 Å². The smallest absolute Gasteiger partial charge is 0.305 e. The maximum Gasteiger partial charge on any atom is 0.305 e. The summed E-state index contributed by atoms with van der Waals surface area (Å²) >= 11 is 4.89. The van der Waals surface area contributed by atoms with Gasteiger partial charge in [0.1, 0.15) is 0 Å². The second kappa shape index (κ2) is 5.84. The van der Waals surface area contributed by atoms with Gasteiger partial charge in [0.05, 0.1) is 12.5 Å². The molecule has 2 rings (SSSR count). The first-order valence-corrected chi connectivity index (χ1v) is 7.72. The van der Waals surface area contributed by atoms with E-state index in [2.05, 4.69) is 15.9 Å². The quantitative estimate of drug-likeness (QED) is 0.843. The number of carbonyl (C=O) groups excluding carboxylic acids is 1. The SMILES string of the molecule is O=C(O)CC(c1cccs1)N1CC(CBr)CC1=O. The maximum atomic E-state index is 12.0. The highest BCUT2D eigenvalue weighted by Crippen LogP contribution is 2.33. The van der Waals surface area contributed by atoms with Gasteiger partial charge in [-0.15, -0.1) is 11.3 Å². The minimum atomic E-state index is -0.872. The molecule has 0 saturated carbocycles. The summed E-state index contributed by atoms with van der Waals surface area (Å²) in [6.07, 6.45) is 0.480. The lowest BCUT2D eigenvalue weighted by atomic mass is 10.1. The average molecular weight is 332 g/mol. The topological polar surface area (TPSA) is 57.6 Å². The van der Waals surface area contributed by atoms with Crippen LogP contribution in [0.25, 0.3) is 0 Å². The van der Waals surface area contributed by atoms with E-state index in [0.29, 0.717) is 13.0 Å². The summed E-state index contributed by atoms with van der Waals surface area (Å²) in [5.41, 5.74) is 0. The fourth-order valence-electron chi connectivity index (χ4n) is 2.22. The van der Waals surface area contributed by atoms with Crippen molar-refractivity contribution in [3.8, 4) is 0 Å². The zero-order valence-electron chi connectivity index (χ0n) is 9.71. The van der Waals surface area contributed by atoms with Gasteiger partial charge >= 0.3 is 5.97 Å². The molecule has 0 radical (unpaired) electrons. The number of carbonyl (C=O) groups is 2. The number of alkyl halides is 1. The van der Waals surface area contributed by atoms with Gasteiger partial charge in [0.25, 0.3) is 0 Å². The van der Waals surface area contributed by atoms with E-state index in [1.165, 1.54) is 11.3 Å². The summed E-state index contributed by atoms with van der Waals surface area (Å²) in [5, 5.41) is 11.7. The molecule has 1 N–H and O–H groups in total. The second-order valence-corrected chi connectivity index (χ2v) is 6.03. The Morgan fingerprint density at radius 1 is 1.67 bits per heavy atom. The normalized spacial score (nSPS) is 21.3. The van der Waals surface area contributed by atoms with Crippen LogP contribution in [0.15, 0.2) is 17.5 Å². The van der Waals surface area contributed by atoms with Crippen molar-refractivity contribution in [2.45, 2.75) is 18.9 Å². The third-order valence-electron chi connectivity index (χ3n) is 3.07. The molecule has 1 fully saturated rings. The summed E-state index contributed by atoms with van der Waals surface area (Å²) in [6.45, 7) is 0.639. The number of nitrogens with zero attached hydrogens (tertiary/aromatic N) is 1. The summed E-state index contributed by atoms with van der Waals surface area (Å²) in [7, 11) is 0. The van der Waals surface area contributed by atoms with Crippen LogP contribution in [-0.2, 0) is 9.59 Å². The summed E-state index contributed by atoms with van der Waals surface area (Å²) < 4.78 is 0. The van der Waals surface area contributed by atoms with Crippen molar-refractivity contribution in [1.29, 1.82) is 0 Å². The van der Waals surface area contributed by atoms with Crippen LogP contribution in [0, 0.1) is 5.92 Å². The van der Waals surface area contributed by atoms with Crippen molar-refractivity contribution >= 4 is 39.1 Å². The van der Waals surface area contributed by atoms with Crippen LogP contribution in [0.4, 0.5) is 0 Å². The molecule has 1 aliphatic heterocycles. The molecule has 1 amide bonds. The van der Waals surface area contributed by atoms with E-state index < -0.39 is 5.97 Å². The van der Waals surface area contributed by atoms with Gasteiger partial charge in [-0.25, -0.2) is 0 Å². The molecule has 0 spiro atoms. The lowest BCUT2D eigenvalue weighted by molar-refractivity contribution is -0.139. The highest BCUT2D eigenvalue weighted by atomic mass is 79.9.